The van der Waals surface area contributed by atoms with Gasteiger partial charge in [-0.3, -0.25) is 4.90 Å². The number of rotatable bonds is 4. The lowest BCUT2D eigenvalue weighted by molar-refractivity contribution is -0.137. The first-order valence-electron chi connectivity index (χ1n) is 7.46. The van der Waals surface area contributed by atoms with Crippen molar-refractivity contribution in [3.8, 4) is 0 Å². The molecule has 1 atom stereocenters. The van der Waals surface area contributed by atoms with E-state index in [9.17, 15) is 13.2 Å². The van der Waals surface area contributed by atoms with Crippen LogP contribution in [-0.4, -0.2) is 31.6 Å². The number of benzene rings is 1. The normalized spacial score (nSPS) is 19.0. The van der Waals surface area contributed by atoms with E-state index < -0.39 is 11.7 Å². The predicted octanol–water partition coefficient (Wildman–Crippen LogP) is 3.70. The van der Waals surface area contributed by atoms with Gasteiger partial charge >= 0.3 is 6.18 Å². The fraction of sp³-hybridized carbons (Fsp3) is 0.625. The minimum Gasteiger partial charge on any atom is -0.317 e. The standard InChI is InChI=1S/C16H23F3N2/c1-12(21(2)11-13-6-8-20-9-7-13)14-4-3-5-15(10-14)16(17,18)19/h3-5,10,12-13,20H,6-9,11H2,1-2H3. The van der Waals surface area contributed by atoms with Crippen LogP contribution < -0.4 is 5.32 Å². The van der Waals surface area contributed by atoms with Gasteiger partial charge in [0.25, 0.3) is 0 Å². The van der Waals surface area contributed by atoms with E-state index in [1.54, 1.807) is 6.07 Å². The van der Waals surface area contributed by atoms with Gasteiger partial charge in [-0.2, -0.15) is 13.2 Å². The number of nitrogens with one attached hydrogen (secondary N) is 1. The van der Waals surface area contributed by atoms with Gasteiger partial charge in [0.05, 0.1) is 5.56 Å². The molecule has 1 aliphatic heterocycles. The quantitative estimate of drug-likeness (QED) is 0.912. The van der Waals surface area contributed by atoms with Crippen LogP contribution in [-0.2, 0) is 6.18 Å². The lowest BCUT2D eigenvalue weighted by Crippen LogP contribution is -2.35. The summed E-state index contributed by atoms with van der Waals surface area (Å²) in [6.07, 6.45) is -2.00. The molecule has 118 valence electrons. The highest BCUT2D eigenvalue weighted by Crippen LogP contribution is 2.32. The van der Waals surface area contributed by atoms with Gasteiger partial charge in [0.1, 0.15) is 0 Å². The predicted molar refractivity (Wildman–Crippen MR) is 78.1 cm³/mol. The summed E-state index contributed by atoms with van der Waals surface area (Å²) in [5, 5.41) is 3.33. The number of nitrogens with zero attached hydrogens (tertiary/aromatic N) is 1. The fourth-order valence-electron chi connectivity index (χ4n) is 2.86. The molecule has 2 nitrogen and oxygen atoms in total. The maximum atomic E-state index is 12.8. The molecule has 1 fully saturated rings. The van der Waals surface area contributed by atoms with E-state index >= 15 is 0 Å². The zero-order valence-corrected chi connectivity index (χ0v) is 12.6. The molecule has 0 spiro atoms. The van der Waals surface area contributed by atoms with Gasteiger partial charge in [0.2, 0.25) is 0 Å². The van der Waals surface area contributed by atoms with Crippen LogP contribution in [0, 0.1) is 5.92 Å². The molecular formula is C16H23F3N2. The van der Waals surface area contributed by atoms with Crippen molar-refractivity contribution in [2.24, 2.45) is 5.92 Å². The number of alkyl halides is 3. The summed E-state index contributed by atoms with van der Waals surface area (Å²) in [4.78, 5) is 2.16. The molecule has 1 aromatic rings. The van der Waals surface area contributed by atoms with Crippen molar-refractivity contribution in [2.75, 3.05) is 26.7 Å². The third-order valence-electron chi connectivity index (χ3n) is 4.36. The highest BCUT2D eigenvalue weighted by atomic mass is 19.4. The molecule has 0 bridgehead atoms. The lowest BCUT2D eigenvalue weighted by Gasteiger charge is -2.31. The maximum Gasteiger partial charge on any atom is 0.416 e. The van der Waals surface area contributed by atoms with Crippen molar-refractivity contribution in [1.29, 1.82) is 0 Å². The molecule has 0 amide bonds. The monoisotopic (exact) mass is 300 g/mol. The maximum absolute atomic E-state index is 12.8. The molecular weight excluding hydrogens is 277 g/mol. The van der Waals surface area contributed by atoms with E-state index in [0.29, 0.717) is 5.92 Å². The second-order valence-corrected chi connectivity index (χ2v) is 5.93. The van der Waals surface area contributed by atoms with Crippen LogP contribution in [0.4, 0.5) is 13.2 Å². The minimum absolute atomic E-state index is 0.0119. The lowest BCUT2D eigenvalue weighted by atomic mass is 9.96. The Labute approximate surface area is 124 Å². The van der Waals surface area contributed by atoms with Gasteiger partial charge < -0.3 is 5.32 Å². The third-order valence-corrected chi connectivity index (χ3v) is 4.36. The number of piperidine rings is 1. The van der Waals surface area contributed by atoms with Crippen molar-refractivity contribution in [3.63, 3.8) is 0 Å². The summed E-state index contributed by atoms with van der Waals surface area (Å²) in [5.74, 6) is 0.629. The molecule has 1 saturated heterocycles. The molecule has 1 N–H and O–H groups in total. The molecule has 0 saturated carbocycles. The molecule has 5 heteroatoms. The summed E-state index contributed by atoms with van der Waals surface area (Å²) in [6.45, 7) is 4.97. The van der Waals surface area contributed by atoms with Crippen LogP contribution in [0.1, 0.15) is 36.9 Å². The van der Waals surface area contributed by atoms with Crippen molar-refractivity contribution in [2.45, 2.75) is 32.0 Å². The summed E-state index contributed by atoms with van der Waals surface area (Å²) < 4.78 is 38.4. The Balaban J connectivity index is 2.02. The van der Waals surface area contributed by atoms with Crippen molar-refractivity contribution < 1.29 is 13.2 Å². The number of halogens is 3. The molecule has 2 rings (SSSR count). The van der Waals surface area contributed by atoms with E-state index in [-0.39, 0.29) is 6.04 Å². The summed E-state index contributed by atoms with van der Waals surface area (Å²) in [7, 11) is 1.99. The van der Waals surface area contributed by atoms with Crippen LogP contribution in [0.15, 0.2) is 24.3 Å². The highest BCUT2D eigenvalue weighted by molar-refractivity contribution is 5.27. The van der Waals surface area contributed by atoms with E-state index in [1.165, 1.54) is 12.1 Å². The number of hydrogen-bond acceptors (Lipinski definition) is 2. The van der Waals surface area contributed by atoms with E-state index in [2.05, 4.69) is 10.2 Å². The van der Waals surface area contributed by atoms with Gasteiger partial charge in [-0.25, -0.2) is 0 Å². The van der Waals surface area contributed by atoms with Gasteiger partial charge in [-0.1, -0.05) is 12.1 Å². The summed E-state index contributed by atoms with van der Waals surface area (Å²) >= 11 is 0. The average Bonchev–Trinajstić information content (AvgIpc) is 2.46. The first-order valence-corrected chi connectivity index (χ1v) is 7.46. The first-order chi connectivity index (χ1) is 9.88. The summed E-state index contributed by atoms with van der Waals surface area (Å²) in [5.41, 5.74) is 0.156. The Morgan fingerprint density at radius 1 is 1.29 bits per heavy atom. The van der Waals surface area contributed by atoms with Gasteiger partial charge in [0, 0.05) is 12.6 Å². The molecule has 1 aliphatic rings. The van der Waals surface area contributed by atoms with Crippen LogP contribution in [0.25, 0.3) is 0 Å². The van der Waals surface area contributed by atoms with Crippen molar-refractivity contribution >= 4 is 0 Å². The zero-order chi connectivity index (χ0) is 15.5. The van der Waals surface area contributed by atoms with Gasteiger partial charge in [0.15, 0.2) is 0 Å². The molecule has 0 aromatic heterocycles. The van der Waals surface area contributed by atoms with Crippen LogP contribution in [0.5, 0.6) is 0 Å². The Kier molecular flexibility index (Phi) is 5.27. The first kappa shape index (κ1) is 16.3. The van der Waals surface area contributed by atoms with Crippen LogP contribution in [0.3, 0.4) is 0 Å². The zero-order valence-electron chi connectivity index (χ0n) is 12.6. The minimum atomic E-state index is -4.27. The van der Waals surface area contributed by atoms with Crippen molar-refractivity contribution in [1.82, 2.24) is 10.2 Å². The smallest absolute Gasteiger partial charge is 0.317 e. The van der Waals surface area contributed by atoms with E-state index in [4.69, 9.17) is 0 Å². The highest BCUT2D eigenvalue weighted by Gasteiger charge is 2.31. The van der Waals surface area contributed by atoms with Gasteiger partial charge in [-0.15, -0.1) is 0 Å². The largest absolute Gasteiger partial charge is 0.416 e. The van der Waals surface area contributed by atoms with Gasteiger partial charge in [-0.05, 0) is 63.5 Å². The molecule has 1 heterocycles. The Morgan fingerprint density at radius 3 is 2.57 bits per heavy atom. The Hall–Kier alpha value is -1.07. The Morgan fingerprint density at radius 2 is 1.95 bits per heavy atom. The topological polar surface area (TPSA) is 15.3 Å². The SMILES string of the molecule is CC(c1cccc(C(F)(F)F)c1)N(C)CC1CCNCC1. The molecule has 0 aliphatic carbocycles. The second kappa shape index (κ2) is 6.79. The third kappa shape index (κ3) is 4.45. The average molecular weight is 300 g/mol. The molecule has 1 aromatic carbocycles. The van der Waals surface area contributed by atoms with E-state index in [1.807, 2.05) is 14.0 Å². The van der Waals surface area contributed by atoms with Crippen LogP contribution >= 0.6 is 0 Å². The second-order valence-electron chi connectivity index (χ2n) is 5.93. The number of hydrogen-bond donors (Lipinski definition) is 1. The fourth-order valence-corrected chi connectivity index (χ4v) is 2.86. The molecule has 21 heavy (non-hydrogen) atoms. The molecule has 1 unspecified atom stereocenters. The Bertz CT molecular complexity index is 453. The molecule has 0 radical (unpaired) electrons. The van der Waals surface area contributed by atoms with Crippen molar-refractivity contribution in [3.05, 3.63) is 35.4 Å². The summed E-state index contributed by atoms with van der Waals surface area (Å²) in [6, 6.07) is 5.65. The van der Waals surface area contributed by atoms with E-state index in [0.717, 1.165) is 44.1 Å². The van der Waals surface area contributed by atoms with Crippen LogP contribution in [0.2, 0.25) is 0 Å².